The molecule has 0 saturated carbocycles. The van der Waals surface area contributed by atoms with Gasteiger partial charge in [0.05, 0.1) is 12.0 Å². The minimum Gasteiger partial charge on any atom is -0.480 e. The summed E-state index contributed by atoms with van der Waals surface area (Å²) in [5, 5.41) is 20.6. The summed E-state index contributed by atoms with van der Waals surface area (Å²) in [5.41, 5.74) is 1.62. The van der Waals surface area contributed by atoms with E-state index in [1.807, 2.05) is 0 Å². The number of carboxylic acid groups (broad SMARTS) is 1. The first-order valence-electron chi connectivity index (χ1n) is 4.32. The van der Waals surface area contributed by atoms with Gasteiger partial charge in [-0.1, -0.05) is 0 Å². The van der Waals surface area contributed by atoms with E-state index in [4.69, 9.17) is 10.2 Å². The normalized spacial score (nSPS) is 20.5. The molecule has 1 atom stereocenters. The van der Waals surface area contributed by atoms with Gasteiger partial charge in [0.1, 0.15) is 12.8 Å². The lowest BCUT2D eigenvalue weighted by atomic mass is 10.1. The Morgan fingerprint density at radius 2 is 2.57 bits per heavy atom. The van der Waals surface area contributed by atoms with Crippen molar-refractivity contribution in [3.8, 4) is 0 Å². The van der Waals surface area contributed by atoms with Gasteiger partial charge in [-0.25, -0.2) is 4.98 Å². The molecule has 6 heteroatoms. The van der Waals surface area contributed by atoms with Gasteiger partial charge in [-0.15, -0.1) is 0 Å². The van der Waals surface area contributed by atoms with Crippen molar-refractivity contribution in [2.24, 2.45) is 0 Å². The number of carboxylic acids is 1. The second-order valence-electron chi connectivity index (χ2n) is 3.23. The van der Waals surface area contributed by atoms with Gasteiger partial charge in [0.2, 0.25) is 0 Å². The Bertz CT molecular complexity index is 347. The summed E-state index contributed by atoms with van der Waals surface area (Å²) in [6.45, 7) is 0.286. The molecule has 2 heterocycles. The number of aromatic nitrogens is 2. The van der Waals surface area contributed by atoms with E-state index in [0.29, 0.717) is 13.0 Å². The van der Waals surface area contributed by atoms with E-state index in [-0.39, 0.29) is 6.73 Å². The van der Waals surface area contributed by atoms with Crippen molar-refractivity contribution in [3.05, 3.63) is 17.7 Å². The van der Waals surface area contributed by atoms with Crippen LogP contribution >= 0.6 is 0 Å². The van der Waals surface area contributed by atoms with Crippen molar-refractivity contribution in [1.82, 2.24) is 14.9 Å². The van der Waals surface area contributed by atoms with Crippen LogP contribution in [0.2, 0.25) is 0 Å². The fourth-order valence-electron chi connectivity index (χ4n) is 1.61. The first-order valence-corrected chi connectivity index (χ1v) is 4.32. The van der Waals surface area contributed by atoms with Crippen LogP contribution in [0, 0.1) is 0 Å². The predicted octanol–water partition coefficient (Wildman–Crippen LogP) is -1.07. The average Bonchev–Trinajstić information content (AvgIpc) is 2.59. The number of nitrogens with zero attached hydrogens (tertiary/aromatic N) is 2. The van der Waals surface area contributed by atoms with E-state index in [9.17, 15) is 4.79 Å². The molecule has 0 aliphatic carbocycles. The summed E-state index contributed by atoms with van der Waals surface area (Å²) < 4.78 is 1.56. The van der Waals surface area contributed by atoms with Crippen molar-refractivity contribution >= 4 is 5.97 Å². The molecule has 14 heavy (non-hydrogen) atoms. The fourth-order valence-corrected chi connectivity index (χ4v) is 1.61. The van der Waals surface area contributed by atoms with Crippen LogP contribution in [0.1, 0.15) is 11.4 Å². The van der Waals surface area contributed by atoms with E-state index in [2.05, 4.69) is 10.3 Å². The molecule has 0 spiro atoms. The summed E-state index contributed by atoms with van der Waals surface area (Å²) >= 11 is 0. The number of carbonyl (C=O) groups is 1. The maximum Gasteiger partial charge on any atom is 0.321 e. The zero-order valence-corrected chi connectivity index (χ0v) is 7.47. The first-order chi connectivity index (χ1) is 6.72. The lowest BCUT2D eigenvalue weighted by molar-refractivity contribution is -0.139. The highest BCUT2D eigenvalue weighted by atomic mass is 16.4. The molecule has 0 fully saturated rings. The molecule has 6 nitrogen and oxygen atoms in total. The minimum absolute atomic E-state index is 0.158. The molecule has 1 aliphatic heterocycles. The Morgan fingerprint density at radius 1 is 1.79 bits per heavy atom. The molecular formula is C8H11N3O3. The maximum absolute atomic E-state index is 10.7. The van der Waals surface area contributed by atoms with E-state index in [0.717, 1.165) is 11.4 Å². The highest BCUT2D eigenvalue weighted by Gasteiger charge is 2.26. The summed E-state index contributed by atoms with van der Waals surface area (Å²) in [7, 11) is 0. The molecule has 3 N–H and O–H groups in total. The standard InChI is InChI=1S/C8H11N3O3/c12-4-11-3-10-6-2-9-5(8(13)14)1-7(6)11/h3,5,9,12H,1-2,4H2,(H,13,14)/t5-/m0/s1. The Hall–Kier alpha value is -1.40. The predicted molar refractivity (Wildman–Crippen MR) is 46.4 cm³/mol. The van der Waals surface area contributed by atoms with E-state index >= 15 is 0 Å². The third-order valence-electron chi connectivity index (χ3n) is 2.40. The smallest absolute Gasteiger partial charge is 0.321 e. The first kappa shape index (κ1) is 9.17. The number of imidazole rings is 1. The summed E-state index contributed by atoms with van der Waals surface area (Å²) in [6.07, 6.45) is 1.89. The van der Waals surface area contributed by atoms with Crippen LogP contribution in [0.3, 0.4) is 0 Å². The van der Waals surface area contributed by atoms with Gasteiger partial charge in [0.25, 0.3) is 0 Å². The van der Waals surface area contributed by atoms with Crippen LogP contribution in [-0.2, 0) is 24.5 Å². The van der Waals surface area contributed by atoms with Gasteiger partial charge in [0.15, 0.2) is 0 Å². The van der Waals surface area contributed by atoms with Crippen molar-refractivity contribution in [2.75, 3.05) is 0 Å². The van der Waals surface area contributed by atoms with Crippen LogP contribution in [0.5, 0.6) is 0 Å². The molecule has 0 unspecified atom stereocenters. The number of hydrogen-bond donors (Lipinski definition) is 3. The van der Waals surface area contributed by atoms with Crippen molar-refractivity contribution in [1.29, 1.82) is 0 Å². The second-order valence-corrected chi connectivity index (χ2v) is 3.23. The molecule has 2 rings (SSSR count). The summed E-state index contributed by atoms with van der Waals surface area (Å²) in [4.78, 5) is 14.8. The third-order valence-corrected chi connectivity index (χ3v) is 2.40. The summed E-state index contributed by atoms with van der Waals surface area (Å²) in [6, 6.07) is -0.579. The highest BCUT2D eigenvalue weighted by molar-refractivity contribution is 5.74. The topological polar surface area (TPSA) is 87.4 Å². The van der Waals surface area contributed by atoms with E-state index in [1.165, 1.54) is 6.33 Å². The molecule has 1 aromatic rings. The van der Waals surface area contributed by atoms with Gasteiger partial charge >= 0.3 is 5.97 Å². The lowest BCUT2D eigenvalue weighted by Crippen LogP contribution is -2.42. The van der Waals surface area contributed by atoms with Crippen LogP contribution in [-0.4, -0.2) is 31.8 Å². The Labute approximate surface area is 80.2 Å². The third kappa shape index (κ3) is 1.38. The Morgan fingerprint density at radius 3 is 3.21 bits per heavy atom. The molecule has 0 radical (unpaired) electrons. The maximum atomic E-state index is 10.7. The van der Waals surface area contributed by atoms with Crippen molar-refractivity contribution < 1.29 is 15.0 Å². The molecule has 0 saturated heterocycles. The van der Waals surface area contributed by atoms with Gasteiger partial charge in [-0.2, -0.15) is 0 Å². The molecule has 0 amide bonds. The number of hydrogen-bond acceptors (Lipinski definition) is 4. The quantitative estimate of drug-likeness (QED) is 0.562. The van der Waals surface area contributed by atoms with Crippen LogP contribution in [0.15, 0.2) is 6.33 Å². The van der Waals surface area contributed by atoms with Crippen LogP contribution in [0.25, 0.3) is 0 Å². The number of aliphatic hydroxyl groups excluding tert-OH is 1. The Kier molecular flexibility index (Phi) is 2.22. The largest absolute Gasteiger partial charge is 0.480 e. The molecule has 1 aliphatic rings. The number of nitrogens with one attached hydrogen (secondary N) is 1. The average molecular weight is 197 g/mol. The second kappa shape index (κ2) is 3.39. The van der Waals surface area contributed by atoms with Gasteiger partial charge < -0.3 is 14.8 Å². The fraction of sp³-hybridized carbons (Fsp3) is 0.500. The number of aliphatic hydroxyl groups is 1. The summed E-state index contributed by atoms with van der Waals surface area (Å²) in [5.74, 6) is -0.874. The number of fused-ring (bicyclic) bond motifs is 1. The van der Waals surface area contributed by atoms with Crippen LogP contribution < -0.4 is 5.32 Å². The SMILES string of the molecule is O=C(O)[C@@H]1Cc2c(ncn2CO)CN1. The van der Waals surface area contributed by atoms with Crippen LogP contribution in [0.4, 0.5) is 0 Å². The minimum atomic E-state index is -0.874. The molecule has 76 valence electrons. The monoisotopic (exact) mass is 197 g/mol. The molecular weight excluding hydrogens is 186 g/mol. The van der Waals surface area contributed by atoms with Gasteiger partial charge in [-0.3, -0.25) is 10.1 Å². The van der Waals surface area contributed by atoms with Gasteiger partial charge in [0, 0.05) is 18.7 Å². The zero-order valence-electron chi connectivity index (χ0n) is 7.47. The molecule has 0 aromatic carbocycles. The van der Waals surface area contributed by atoms with E-state index in [1.54, 1.807) is 4.57 Å². The molecule has 0 bridgehead atoms. The number of rotatable bonds is 2. The zero-order chi connectivity index (χ0) is 10.1. The van der Waals surface area contributed by atoms with Gasteiger partial charge in [-0.05, 0) is 0 Å². The lowest BCUT2D eigenvalue weighted by Gasteiger charge is -2.20. The highest BCUT2D eigenvalue weighted by Crippen LogP contribution is 2.15. The van der Waals surface area contributed by atoms with E-state index < -0.39 is 12.0 Å². The number of aliphatic carboxylic acids is 1. The van der Waals surface area contributed by atoms with Crippen molar-refractivity contribution in [2.45, 2.75) is 25.7 Å². The molecule has 1 aromatic heterocycles. The van der Waals surface area contributed by atoms with Crippen molar-refractivity contribution in [3.63, 3.8) is 0 Å². The Balaban J connectivity index is 2.27.